The van der Waals surface area contributed by atoms with E-state index >= 15 is 0 Å². The van der Waals surface area contributed by atoms with Crippen LogP contribution in [0, 0.1) is 16.7 Å². The highest BCUT2D eigenvalue weighted by Crippen LogP contribution is 2.22. The monoisotopic (exact) mass is 322 g/mol. The summed E-state index contributed by atoms with van der Waals surface area (Å²) >= 11 is 3.58. The minimum Gasteiger partial charge on any atom is -0.302 e. The van der Waals surface area contributed by atoms with Gasteiger partial charge in [-0.2, -0.15) is 5.26 Å². The smallest absolute Gasteiger partial charge is 0.0683 e. The molecule has 1 aromatic rings. The lowest BCUT2D eigenvalue weighted by Crippen LogP contribution is -2.20. The molecular formula is C16H23BrN2. The topological polar surface area (TPSA) is 27.0 Å². The maximum atomic E-state index is 8.96. The molecule has 0 fully saturated rings. The molecule has 0 amide bonds. The van der Waals surface area contributed by atoms with Gasteiger partial charge in [-0.25, -0.2) is 0 Å². The molecule has 0 unspecified atom stereocenters. The Balaban J connectivity index is 2.28. The van der Waals surface area contributed by atoms with E-state index in [4.69, 9.17) is 5.26 Å². The normalized spacial score (nSPS) is 11.6. The molecule has 19 heavy (non-hydrogen) atoms. The molecule has 1 rings (SSSR count). The van der Waals surface area contributed by atoms with Crippen LogP contribution in [0.2, 0.25) is 0 Å². The number of hydrogen-bond acceptors (Lipinski definition) is 2. The average molecular weight is 323 g/mol. The van der Waals surface area contributed by atoms with Gasteiger partial charge in [-0.3, -0.25) is 0 Å². The van der Waals surface area contributed by atoms with Gasteiger partial charge in [-0.05, 0) is 51.9 Å². The van der Waals surface area contributed by atoms with Crippen LogP contribution in [0.15, 0.2) is 28.7 Å². The second kappa shape index (κ2) is 7.67. The lowest BCUT2D eigenvalue weighted by Gasteiger charge is -2.19. The van der Waals surface area contributed by atoms with Crippen LogP contribution in [0.1, 0.15) is 38.7 Å². The fraction of sp³-hybridized carbons (Fsp3) is 0.562. The first-order valence-corrected chi connectivity index (χ1v) is 7.57. The van der Waals surface area contributed by atoms with Crippen LogP contribution in [0.4, 0.5) is 0 Å². The minimum absolute atomic E-state index is 0.180. The van der Waals surface area contributed by atoms with Crippen molar-refractivity contribution in [2.75, 3.05) is 13.6 Å². The second-order valence-corrected chi connectivity index (χ2v) is 6.64. The number of halogens is 1. The molecule has 0 aliphatic heterocycles. The Bertz CT molecular complexity index is 435. The highest BCUT2D eigenvalue weighted by atomic mass is 79.9. The molecule has 0 bridgehead atoms. The lowest BCUT2D eigenvalue weighted by atomic mass is 9.89. The number of hydrogen-bond donors (Lipinski definition) is 0. The van der Waals surface area contributed by atoms with Crippen LogP contribution in [0.25, 0.3) is 0 Å². The fourth-order valence-electron chi connectivity index (χ4n) is 2.00. The molecule has 3 heteroatoms. The van der Waals surface area contributed by atoms with Gasteiger partial charge in [-0.1, -0.05) is 40.5 Å². The molecule has 0 spiro atoms. The summed E-state index contributed by atoms with van der Waals surface area (Å²) < 4.78 is 1.17. The SMILES string of the molecule is CN(CCCCC(C)(C)C#N)Cc1ccccc1Br. The molecule has 0 aromatic heterocycles. The molecule has 0 saturated heterocycles. The van der Waals surface area contributed by atoms with Gasteiger partial charge in [0.05, 0.1) is 11.5 Å². The number of nitrogens with zero attached hydrogens (tertiary/aromatic N) is 2. The van der Waals surface area contributed by atoms with Crippen molar-refractivity contribution < 1.29 is 0 Å². The lowest BCUT2D eigenvalue weighted by molar-refractivity contribution is 0.307. The van der Waals surface area contributed by atoms with Gasteiger partial charge < -0.3 is 4.90 Å². The third kappa shape index (κ3) is 6.22. The fourth-order valence-corrected chi connectivity index (χ4v) is 2.41. The highest BCUT2D eigenvalue weighted by Gasteiger charge is 2.15. The van der Waals surface area contributed by atoms with Crippen molar-refractivity contribution in [2.24, 2.45) is 5.41 Å². The standard InChI is InChI=1S/C16H23BrN2/c1-16(2,13-18)10-6-7-11-19(3)12-14-8-4-5-9-15(14)17/h4-5,8-9H,6-7,10-12H2,1-3H3. The summed E-state index contributed by atoms with van der Waals surface area (Å²) in [5.41, 5.74) is 1.14. The van der Waals surface area contributed by atoms with Crippen LogP contribution in [0.3, 0.4) is 0 Å². The molecule has 104 valence electrons. The van der Waals surface area contributed by atoms with Crippen molar-refractivity contribution >= 4 is 15.9 Å². The molecule has 0 aliphatic carbocycles. The Labute approximate surface area is 125 Å². The molecule has 2 nitrogen and oxygen atoms in total. The first-order chi connectivity index (χ1) is 8.94. The largest absolute Gasteiger partial charge is 0.302 e. The molecule has 0 N–H and O–H groups in total. The quantitative estimate of drug-likeness (QED) is 0.686. The number of unbranched alkanes of at least 4 members (excludes halogenated alkanes) is 1. The summed E-state index contributed by atoms with van der Waals surface area (Å²) in [6.45, 7) is 6.06. The minimum atomic E-state index is -0.180. The number of benzene rings is 1. The predicted octanol–water partition coefficient (Wildman–Crippen LogP) is 4.60. The van der Waals surface area contributed by atoms with Crippen molar-refractivity contribution in [3.8, 4) is 6.07 Å². The second-order valence-electron chi connectivity index (χ2n) is 5.78. The Morgan fingerprint density at radius 1 is 1.26 bits per heavy atom. The van der Waals surface area contributed by atoms with E-state index in [0.717, 1.165) is 32.4 Å². The summed E-state index contributed by atoms with van der Waals surface area (Å²) in [5, 5.41) is 8.96. The van der Waals surface area contributed by atoms with E-state index in [9.17, 15) is 0 Å². The van der Waals surface area contributed by atoms with E-state index in [1.165, 1.54) is 10.0 Å². The van der Waals surface area contributed by atoms with Gasteiger partial charge in [0.2, 0.25) is 0 Å². The van der Waals surface area contributed by atoms with Crippen molar-refractivity contribution in [3.63, 3.8) is 0 Å². The Kier molecular flexibility index (Phi) is 6.54. The molecule has 0 aliphatic rings. The first kappa shape index (κ1) is 16.2. The molecule has 0 saturated carbocycles. The maximum absolute atomic E-state index is 8.96. The zero-order chi connectivity index (χ0) is 14.3. The Morgan fingerprint density at radius 3 is 2.58 bits per heavy atom. The predicted molar refractivity (Wildman–Crippen MR) is 83.7 cm³/mol. The Hall–Kier alpha value is -0.850. The van der Waals surface area contributed by atoms with Crippen LogP contribution in [0.5, 0.6) is 0 Å². The molecule has 0 radical (unpaired) electrons. The van der Waals surface area contributed by atoms with Crippen LogP contribution >= 0.6 is 15.9 Å². The van der Waals surface area contributed by atoms with E-state index in [1.54, 1.807) is 0 Å². The van der Waals surface area contributed by atoms with Crippen molar-refractivity contribution in [1.82, 2.24) is 4.90 Å². The first-order valence-electron chi connectivity index (χ1n) is 6.78. The average Bonchev–Trinajstić information content (AvgIpc) is 2.38. The Morgan fingerprint density at radius 2 is 1.95 bits per heavy atom. The van der Waals surface area contributed by atoms with Crippen LogP contribution in [-0.2, 0) is 6.54 Å². The third-order valence-corrected chi connectivity index (χ3v) is 4.07. The molecular weight excluding hydrogens is 300 g/mol. The van der Waals surface area contributed by atoms with Gasteiger partial charge >= 0.3 is 0 Å². The van der Waals surface area contributed by atoms with E-state index in [-0.39, 0.29) is 5.41 Å². The highest BCUT2D eigenvalue weighted by molar-refractivity contribution is 9.10. The summed E-state index contributed by atoms with van der Waals surface area (Å²) in [6.07, 6.45) is 3.24. The summed E-state index contributed by atoms with van der Waals surface area (Å²) in [6, 6.07) is 10.7. The van der Waals surface area contributed by atoms with Gasteiger partial charge in [0, 0.05) is 11.0 Å². The van der Waals surface area contributed by atoms with Gasteiger partial charge in [0.15, 0.2) is 0 Å². The zero-order valence-corrected chi connectivity index (χ0v) is 13.7. The van der Waals surface area contributed by atoms with Crippen molar-refractivity contribution in [1.29, 1.82) is 5.26 Å². The molecule has 0 atom stereocenters. The number of rotatable bonds is 7. The summed E-state index contributed by atoms with van der Waals surface area (Å²) in [4.78, 5) is 2.33. The van der Waals surface area contributed by atoms with Gasteiger partial charge in [0.25, 0.3) is 0 Å². The number of nitriles is 1. The third-order valence-electron chi connectivity index (χ3n) is 3.29. The van der Waals surface area contributed by atoms with Crippen LogP contribution < -0.4 is 0 Å². The molecule has 0 heterocycles. The van der Waals surface area contributed by atoms with Crippen molar-refractivity contribution in [3.05, 3.63) is 34.3 Å². The van der Waals surface area contributed by atoms with Gasteiger partial charge in [0.1, 0.15) is 0 Å². The zero-order valence-electron chi connectivity index (χ0n) is 12.1. The van der Waals surface area contributed by atoms with E-state index < -0.39 is 0 Å². The van der Waals surface area contributed by atoms with E-state index in [2.05, 4.69) is 52.1 Å². The van der Waals surface area contributed by atoms with Crippen LogP contribution in [-0.4, -0.2) is 18.5 Å². The van der Waals surface area contributed by atoms with Crippen molar-refractivity contribution in [2.45, 2.75) is 39.7 Å². The summed E-state index contributed by atoms with van der Waals surface area (Å²) in [7, 11) is 2.15. The molecule has 1 aromatic carbocycles. The summed E-state index contributed by atoms with van der Waals surface area (Å²) in [5.74, 6) is 0. The maximum Gasteiger partial charge on any atom is 0.0683 e. The van der Waals surface area contributed by atoms with E-state index in [0.29, 0.717) is 0 Å². The van der Waals surface area contributed by atoms with Gasteiger partial charge in [-0.15, -0.1) is 0 Å². The van der Waals surface area contributed by atoms with E-state index in [1.807, 2.05) is 19.9 Å².